The van der Waals surface area contributed by atoms with E-state index in [0.717, 1.165) is 24.4 Å². The lowest BCUT2D eigenvalue weighted by atomic mass is 9.85. The lowest BCUT2D eigenvalue weighted by Gasteiger charge is -2.35. The minimum Gasteiger partial charge on any atom is -0.488 e. The number of likely N-dealkylation sites (tertiary alicyclic amines) is 1. The molecule has 3 aliphatic carbocycles. The van der Waals surface area contributed by atoms with E-state index in [9.17, 15) is 34.2 Å². The third-order valence-corrected chi connectivity index (χ3v) is 12.5. The Balaban J connectivity index is 1.19. The highest BCUT2D eigenvalue weighted by atomic mass is 32.2. The number of thioether (sulfide) groups is 1. The molecular formula is C41H52N6O10S. The van der Waals surface area contributed by atoms with Gasteiger partial charge in [-0.3, -0.25) is 19.6 Å². The van der Waals surface area contributed by atoms with E-state index in [1.165, 1.54) is 11.0 Å². The number of rotatable bonds is 14. The number of benzene rings is 1. The fraction of sp³-hybridized carbons (Fsp3) is 0.585. The minimum absolute atomic E-state index is 0.0109. The van der Waals surface area contributed by atoms with E-state index < -0.39 is 71.5 Å². The SMILES string of the molecule is C=CC1CC1(NC(=O)[C@@H]1CC(Oc2cc(C3CSC(NC(C)C)=N3)nc3cc(OCC(=O)O)ccc23)CN1C(=O)C(NC(=O)OC1C[C@@H]2C[C@@H]2C1)C(C)(C)C)C(=O)O. The molecule has 9 atom stereocenters. The standard InChI is InChI=1S/C41H52N6O10S/c1-7-23-16-41(23,37(52)53)46-35(50)31-14-26(17-47(31)36(51)34(40(4,5)6)45-39(54)57-25-11-21-10-22(21)12-25)56-32-15-29(30-19-58-38(44-30)42-20(2)3)43-28-13-24(8-9-27(28)32)55-18-33(48)49/h7-9,13,15,20-23,25-26,30-31,34H,1,10-12,14,16-19H2,2-6H3,(H,42,44)(H,45,54)(H,46,50)(H,48,49)(H,52,53)/t21-,22+,23?,25?,26?,30?,31-,34?,41?/m0/s1. The number of fused-ring (bicyclic) bond motifs is 2. The van der Waals surface area contributed by atoms with Crippen LogP contribution in [-0.2, 0) is 23.9 Å². The van der Waals surface area contributed by atoms with Crippen molar-refractivity contribution in [3.8, 4) is 11.5 Å². The van der Waals surface area contributed by atoms with Crippen LogP contribution in [0.3, 0.4) is 0 Å². The average molecular weight is 821 g/mol. The van der Waals surface area contributed by atoms with Gasteiger partial charge in [-0.15, -0.1) is 6.58 Å². The average Bonchev–Trinajstić information content (AvgIpc) is 3.82. The van der Waals surface area contributed by atoms with Gasteiger partial charge in [0.1, 0.15) is 47.4 Å². The molecule has 0 bridgehead atoms. The summed E-state index contributed by atoms with van der Waals surface area (Å²) in [6.07, 6.45) is 2.78. The second-order valence-corrected chi connectivity index (χ2v) is 18.5. The van der Waals surface area contributed by atoms with Gasteiger partial charge in [-0.2, -0.15) is 0 Å². The highest BCUT2D eigenvalue weighted by molar-refractivity contribution is 8.14. The molecule has 2 aromatic rings. The molecule has 312 valence electrons. The van der Waals surface area contributed by atoms with Crippen LogP contribution in [0.15, 0.2) is 41.9 Å². The second kappa shape index (κ2) is 15.9. The summed E-state index contributed by atoms with van der Waals surface area (Å²) in [6.45, 7) is 12.6. The van der Waals surface area contributed by atoms with Crippen LogP contribution in [-0.4, -0.2) is 110 Å². The predicted molar refractivity (Wildman–Crippen MR) is 215 cm³/mol. The van der Waals surface area contributed by atoms with Crippen LogP contribution in [0, 0.1) is 23.2 Å². The summed E-state index contributed by atoms with van der Waals surface area (Å²) in [5, 5.41) is 29.5. The third kappa shape index (κ3) is 8.83. The Morgan fingerprint density at radius 1 is 1.07 bits per heavy atom. The van der Waals surface area contributed by atoms with Gasteiger partial charge in [0.25, 0.3) is 0 Å². The zero-order chi connectivity index (χ0) is 41.7. The number of aliphatic carboxylic acids is 2. The normalized spacial score (nSPS) is 28.9. The van der Waals surface area contributed by atoms with Crippen LogP contribution in [0.1, 0.15) is 78.5 Å². The molecule has 0 radical (unpaired) electrons. The van der Waals surface area contributed by atoms with E-state index in [-0.39, 0.29) is 37.6 Å². The molecule has 5 aliphatic rings. The molecule has 17 heteroatoms. The van der Waals surface area contributed by atoms with Gasteiger partial charge in [0.2, 0.25) is 11.8 Å². The molecule has 16 nitrogen and oxygen atoms in total. The summed E-state index contributed by atoms with van der Waals surface area (Å²) >= 11 is 1.56. The summed E-state index contributed by atoms with van der Waals surface area (Å²) in [4.78, 5) is 76.8. The second-order valence-electron chi connectivity index (χ2n) is 17.5. The number of carboxylic acids is 2. The molecule has 1 aromatic carbocycles. The van der Waals surface area contributed by atoms with Crippen molar-refractivity contribution < 1.29 is 48.4 Å². The van der Waals surface area contributed by atoms with Gasteiger partial charge >= 0.3 is 18.0 Å². The Bertz CT molecular complexity index is 2030. The van der Waals surface area contributed by atoms with Crippen molar-refractivity contribution in [2.45, 2.75) is 109 Å². The molecule has 4 fully saturated rings. The topological polar surface area (TPSA) is 218 Å². The lowest BCUT2D eigenvalue weighted by Crippen LogP contribution is -2.59. The first kappa shape index (κ1) is 41.1. The van der Waals surface area contributed by atoms with Crippen LogP contribution in [0.4, 0.5) is 4.79 Å². The van der Waals surface area contributed by atoms with Crippen LogP contribution in [0.5, 0.6) is 11.5 Å². The molecule has 2 aliphatic heterocycles. The molecule has 1 aromatic heterocycles. The van der Waals surface area contributed by atoms with Crippen molar-refractivity contribution >= 4 is 57.7 Å². The minimum atomic E-state index is -1.54. The van der Waals surface area contributed by atoms with Gasteiger partial charge in [0.05, 0.1) is 17.8 Å². The van der Waals surface area contributed by atoms with Gasteiger partial charge in [0.15, 0.2) is 11.8 Å². The first-order valence-corrected chi connectivity index (χ1v) is 20.8. The number of alkyl carbamates (subject to hydrolysis) is 1. The maximum Gasteiger partial charge on any atom is 0.408 e. The molecule has 3 heterocycles. The monoisotopic (exact) mass is 820 g/mol. The van der Waals surface area contributed by atoms with Gasteiger partial charge in [-0.25, -0.2) is 14.4 Å². The van der Waals surface area contributed by atoms with Crippen LogP contribution >= 0.6 is 11.8 Å². The van der Waals surface area contributed by atoms with E-state index in [0.29, 0.717) is 45.7 Å². The van der Waals surface area contributed by atoms with E-state index in [4.69, 9.17) is 24.2 Å². The number of amides is 3. The number of nitrogens with one attached hydrogen (secondary N) is 3. The Labute approximate surface area is 340 Å². The van der Waals surface area contributed by atoms with Crippen LogP contribution in [0.2, 0.25) is 0 Å². The predicted octanol–water partition coefficient (Wildman–Crippen LogP) is 4.27. The van der Waals surface area contributed by atoms with E-state index in [2.05, 4.69) is 22.5 Å². The number of hydrogen-bond acceptors (Lipinski definition) is 12. The van der Waals surface area contributed by atoms with E-state index >= 15 is 0 Å². The van der Waals surface area contributed by atoms with Crippen molar-refractivity contribution in [3.63, 3.8) is 0 Å². The van der Waals surface area contributed by atoms with Gasteiger partial charge in [0, 0.05) is 41.7 Å². The molecule has 1 saturated heterocycles. The molecular weight excluding hydrogens is 769 g/mol. The Hall–Kier alpha value is -5.06. The van der Waals surface area contributed by atoms with Crippen molar-refractivity contribution in [2.24, 2.45) is 28.2 Å². The number of pyridine rings is 1. The third-order valence-electron chi connectivity index (χ3n) is 11.5. The number of aliphatic imine (C=N–C) groups is 1. The number of nitrogens with zero attached hydrogens (tertiary/aromatic N) is 3. The highest BCUT2D eigenvalue weighted by Crippen LogP contribution is 2.52. The van der Waals surface area contributed by atoms with Crippen molar-refractivity contribution in [3.05, 3.63) is 42.6 Å². The van der Waals surface area contributed by atoms with Crippen LogP contribution < -0.4 is 25.4 Å². The highest BCUT2D eigenvalue weighted by Gasteiger charge is 2.61. The maximum absolute atomic E-state index is 14.7. The van der Waals surface area contributed by atoms with E-state index in [1.807, 2.05) is 34.6 Å². The fourth-order valence-electron chi connectivity index (χ4n) is 8.30. The Morgan fingerprint density at radius 3 is 2.45 bits per heavy atom. The number of carboxylic acid groups (broad SMARTS) is 2. The summed E-state index contributed by atoms with van der Waals surface area (Å²) in [5.74, 6) is -1.52. The molecule has 6 unspecified atom stereocenters. The van der Waals surface area contributed by atoms with Gasteiger partial charge < -0.3 is 45.3 Å². The first-order chi connectivity index (χ1) is 27.4. The zero-order valence-corrected chi connectivity index (χ0v) is 34.2. The van der Waals surface area contributed by atoms with Crippen LogP contribution in [0.25, 0.3) is 10.9 Å². The zero-order valence-electron chi connectivity index (χ0n) is 33.4. The molecule has 3 amide bonds. The molecule has 58 heavy (non-hydrogen) atoms. The molecule has 7 rings (SSSR count). The number of ether oxygens (including phenoxy) is 3. The first-order valence-electron chi connectivity index (χ1n) is 19.8. The maximum atomic E-state index is 14.7. The molecule has 3 saturated carbocycles. The number of aromatic nitrogens is 1. The number of amidine groups is 1. The number of carbonyl (C=O) groups excluding carboxylic acids is 3. The van der Waals surface area contributed by atoms with Crippen molar-refractivity contribution in [2.75, 3.05) is 18.9 Å². The summed E-state index contributed by atoms with van der Waals surface area (Å²) in [6, 6.07) is 4.32. The summed E-state index contributed by atoms with van der Waals surface area (Å²) < 4.78 is 17.9. The van der Waals surface area contributed by atoms with E-state index in [1.54, 1.807) is 36.0 Å². The van der Waals surface area contributed by atoms with Gasteiger partial charge in [-0.1, -0.05) is 38.6 Å². The quantitative estimate of drug-likeness (QED) is 0.169. The fourth-order valence-corrected chi connectivity index (χ4v) is 9.38. The smallest absolute Gasteiger partial charge is 0.408 e. The van der Waals surface area contributed by atoms with Crippen molar-refractivity contribution in [1.29, 1.82) is 0 Å². The van der Waals surface area contributed by atoms with Crippen molar-refractivity contribution in [1.82, 2.24) is 25.8 Å². The summed E-state index contributed by atoms with van der Waals surface area (Å²) in [7, 11) is 0. The Kier molecular flexibility index (Phi) is 11.3. The molecule has 0 spiro atoms. The number of carbonyl (C=O) groups is 5. The summed E-state index contributed by atoms with van der Waals surface area (Å²) in [5.41, 5.74) is -1.29. The largest absolute Gasteiger partial charge is 0.488 e. The molecule has 5 N–H and O–H groups in total. The lowest BCUT2D eigenvalue weighted by molar-refractivity contribution is -0.146. The Morgan fingerprint density at radius 2 is 1.81 bits per heavy atom. The van der Waals surface area contributed by atoms with Gasteiger partial charge in [-0.05, 0) is 68.9 Å². The number of hydrogen-bond donors (Lipinski definition) is 5.